The Labute approximate surface area is 124 Å². The maximum absolute atomic E-state index is 10.6. The zero-order valence-electron chi connectivity index (χ0n) is 12.3. The number of aromatic hydroxyl groups is 1. The Bertz CT molecular complexity index is 656. The van der Waals surface area contributed by atoms with E-state index in [1.54, 1.807) is 0 Å². The van der Waals surface area contributed by atoms with E-state index >= 15 is 0 Å². The molecule has 21 heavy (non-hydrogen) atoms. The van der Waals surface area contributed by atoms with E-state index in [1.807, 2.05) is 0 Å². The van der Waals surface area contributed by atoms with Gasteiger partial charge in [-0.3, -0.25) is 0 Å². The van der Waals surface area contributed by atoms with Crippen molar-refractivity contribution in [3.8, 4) is 5.75 Å². The molecule has 1 aromatic heterocycles. The highest BCUT2D eigenvalue weighted by molar-refractivity contribution is 5.88. The first-order valence-corrected chi connectivity index (χ1v) is 7.99. The van der Waals surface area contributed by atoms with Crippen molar-refractivity contribution in [3.63, 3.8) is 0 Å². The number of phenolic OH excluding ortho intramolecular Hbond substituents is 1. The van der Waals surface area contributed by atoms with Gasteiger partial charge >= 0.3 is 0 Å². The monoisotopic (exact) mass is 288 g/mol. The number of hydrogen-bond donors (Lipinski definition) is 2. The third kappa shape index (κ3) is 2.32. The first-order valence-electron chi connectivity index (χ1n) is 7.99. The molecule has 1 aliphatic carbocycles. The molecule has 1 aliphatic heterocycles. The van der Waals surface area contributed by atoms with Gasteiger partial charge in [0.15, 0.2) is 11.3 Å². The summed E-state index contributed by atoms with van der Waals surface area (Å²) in [6.07, 6.45) is 4.50. The number of aryl methyl sites for hydroxylation is 2. The fourth-order valence-electron chi connectivity index (χ4n) is 3.60. The molecule has 112 valence electrons. The van der Waals surface area contributed by atoms with Crippen LogP contribution in [0.2, 0.25) is 0 Å². The summed E-state index contributed by atoms with van der Waals surface area (Å²) in [6.45, 7) is 4.48. The summed E-state index contributed by atoms with van der Waals surface area (Å²) in [5.41, 5.74) is 3.01. The molecule has 4 heteroatoms. The summed E-state index contributed by atoms with van der Waals surface area (Å²) in [5.74, 6) is 1.43. The van der Waals surface area contributed by atoms with Crippen molar-refractivity contribution in [2.75, 3.05) is 26.3 Å². The van der Waals surface area contributed by atoms with Crippen LogP contribution in [0.5, 0.6) is 5.75 Å². The number of rotatable bonds is 2. The van der Waals surface area contributed by atoms with Crippen LogP contribution in [0, 0.1) is 0 Å². The molecule has 4 rings (SSSR count). The Morgan fingerprint density at radius 2 is 1.90 bits per heavy atom. The lowest BCUT2D eigenvalue weighted by molar-refractivity contribution is -0.921. The number of nitrogens with one attached hydrogen (secondary N) is 1. The molecule has 0 radical (unpaired) electrons. The SMILES string of the molecule is Oc1c(C[NH+]2CCOCC2)ccc2c3c(oc12)CCCC3. The molecule has 1 saturated heterocycles. The lowest BCUT2D eigenvalue weighted by Gasteiger charge is -2.24. The van der Waals surface area contributed by atoms with Crippen molar-refractivity contribution in [1.29, 1.82) is 0 Å². The number of hydrogen-bond acceptors (Lipinski definition) is 3. The Balaban J connectivity index is 1.69. The fourth-order valence-corrected chi connectivity index (χ4v) is 3.60. The van der Waals surface area contributed by atoms with Crippen molar-refractivity contribution in [2.45, 2.75) is 32.2 Å². The van der Waals surface area contributed by atoms with Crippen LogP contribution >= 0.6 is 0 Å². The number of phenols is 1. The van der Waals surface area contributed by atoms with E-state index in [0.717, 1.165) is 62.4 Å². The molecule has 0 saturated carbocycles. The van der Waals surface area contributed by atoms with Crippen LogP contribution in [0.25, 0.3) is 11.0 Å². The Kier molecular flexibility index (Phi) is 3.36. The zero-order chi connectivity index (χ0) is 14.2. The van der Waals surface area contributed by atoms with E-state index in [9.17, 15) is 5.11 Å². The molecule has 0 atom stereocenters. The maximum atomic E-state index is 10.6. The van der Waals surface area contributed by atoms with Crippen molar-refractivity contribution in [3.05, 3.63) is 29.0 Å². The van der Waals surface area contributed by atoms with Gasteiger partial charge in [-0.2, -0.15) is 0 Å². The largest absolute Gasteiger partial charge is 0.504 e. The van der Waals surface area contributed by atoms with Gasteiger partial charge in [0.05, 0.1) is 18.8 Å². The lowest BCUT2D eigenvalue weighted by atomic mass is 9.95. The summed E-state index contributed by atoms with van der Waals surface area (Å²) in [5, 5.41) is 11.7. The molecule has 0 bridgehead atoms. The molecular weight excluding hydrogens is 266 g/mol. The second-order valence-electron chi connectivity index (χ2n) is 6.20. The average Bonchev–Trinajstić information content (AvgIpc) is 2.91. The minimum atomic E-state index is 0.348. The van der Waals surface area contributed by atoms with Gasteiger partial charge < -0.3 is 19.2 Å². The van der Waals surface area contributed by atoms with Crippen LogP contribution in [0.1, 0.15) is 29.7 Å². The highest BCUT2D eigenvalue weighted by Crippen LogP contribution is 2.37. The second kappa shape index (κ2) is 5.35. The zero-order valence-corrected chi connectivity index (χ0v) is 12.3. The van der Waals surface area contributed by atoms with Gasteiger partial charge in [-0.05, 0) is 25.3 Å². The lowest BCUT2D eigenvalue weighted by Crippen LogP contribution is -3.12. The van der Waals surface area contributed by atoms with E-state index in [4.69, 9.17) is 9.15 Å². The standard InChI is InChI=1S/C17H21NO3/c19-16-12(11-18-7-9-20-10-8-18)5-6-14-13-3-1-2-4-15(13)21-17(14)16/h5-6,19H,1-4,7-11H2/p+1. The molecule has 2 heterocycles. The molecule has 2 N–H and O–H groups in total. The van der Waals surface area contributed by atoms with Crippen molar-refractivity contribution in [2.24, 2.45) is 0 Å². The van der Waals surface area contributed by atoms with E-state index in [0.29, 0.717) is 11.3 Å². The quantitative estimate of drug-likeness (QED) is 0.879. The summed E-state index contributed by atoms with van der Waals surface area (Å²) in [6, 6.07) is 4.21. The van der Waals surface area contributed by atoms with Gasteiger partial charge in [0, 0.05) is 17.4 Å². The van der Waals surface area contributed by atoms with Crippen LogP contribution in [-0.4, -0.2) is 31.4 Å². The van der Waals surface area contributed by atoms with Gasteiger partial charge in [-0.1, -0.05) is 6.07 Å². The summed E-state index contributed by atoms with van der Waals surface area (Å²) < 4.78 is 11.4. The topological polar surface area (TPSA) is 47.0 Å². The number of benzene rings is 1. The van der Waals surface area contributed by atoms with Crippen LogP contribution < -0.4 is 4.90 Å². The molecule has 1 fully saturated rings. The summed E-state index contributed by atoms with van der Waals surface area (Å²) in [4.78, 5) is 1.47. The van der Waals surface area contributed by atoms with Crippen molar-refractivity contribution >= 4 is 11.0 Å². The van der Waals surface area contributed by atoms with Gasteiger partial charge in [0.2, 0.25) is 0 Å². The Morgan fingerprint density at radius 1 is 1.10 bits per heavy atom. The van der Waals surface area contributed by atoms with E-state index in [-0.39, 0.29) is 0 Å². The minimum Gasteiger partial charge on any atom is -0.504 e. The maximum Gasteiger partial charge on any atom is 0.176 e. The molecule has 4 nitrogen and oxygen atoms in total. The van der Waals surface area contributed by atoms with E-state index in [2.05, 4.69) is 12.1 Å². The number of furan rings is 1. The first-order chi connectivity index (χ1) is 10.3. The summed E-state index contributed by atoms with van der Waals surface area (Å²) >= 11 is 0. The minimum absolute atomic E-state index is 0.348. The van der Waals surface area contributed by atoms with Crippen LogP contribution in [-0.2, 0) is 24.1 Å². The number of ether oxygens (including phenoxy) is 1. The predicted molar refractivity (Wildman–Crippen MR) is 79.7 cm³/mol. The Morgan fingerprint density at radius 3 is 2.76 bits per heavy atom. The summed E-state index contributed by atoms with van der Waals surface area (Å²) in [7, 11) is 0. The van der Waals surface area contributed by atoms with Gasteiger partial charge in [-0.25, -0.2) is 0 Å². The smallest absolute Gasteiger partial charge is 0.176 e. The van der Waals surface area contributed by atoms with Crippen LogP contribution in [0.4, 0.5) is 0 Å². The highest BCUT2D eigenvalue weighted by atomic mass is 16.5. The predicted octanol–water partition coefficient (Wildman–Crippen LogP) is 1.43. The van der Waals surface area contributed by atoms with Crippen molar-refractivity contribution in [1.82, 2.24) is 0 Å². The number of morpholine rings is 1. The van der Waals surface area contributed by atoms with Crippen LogP contribution in [0.15, 0.2) is 16.5 Å². The first kappa shape index (κ1) is 13.2. The highest BCUT2D eigenvalue weighted by Gasteiger charge is 2.23. The van der Waals surface area contributed by atoms with Crippen LogP contribution in [0.3, 0.4) is 0 Å². The van der Waals surface area contributed by atoms with E-state index < -0.39 is 0 Å². The molecule has 0 spiro atoms. The third-order valence-corrected chi connectivity index (χ3v) is 4.82. The van der Waals surface area contributed by atoms with Gasteiger partial charge in [0.25, 0.3) is 0 Å². The average molecular weight is 288 g/mol. The molecule has 0 amide bonds. The van der Waals surface area contributed by atoms with E-state index in [1.165, 1.54) is 23.3 Å². The molecule has 0 unspecified atom stereocenters. The Hall–Kier alpha value is -1.52. The molecule has 2 aliphatic rings. The van der Waals surface area contributed by atoms with Gasteiger partial charge in [-0.15, -0.1) is 0 Å². The molecule has 1 aromatic carbocycles. The fraction of sp³-hybridized carbons (Fsp3) is 0.529. The third-order valence-electron chi connectivity index (χ3n) is 4.82. The molecular formula is C17H22NO3+. The van der Waals surface area contributed by atoms with Crippen molar-refractivity contribution < 1.29 is 19.2 Å². The number of fused-ring (bicyclic) bond motifs is 3. The number of quaternary nitrogens is 1. The second-order valence-corrected chi connectivity index (χ2v) is 6.20. The van der Waals surface area contributed by atoms with Gasteiger partial charge in [0.1, 0.15) is 25.4 Å². The normalized spacial score (nSPS) is 19.8. The molecule has 2 aromatic rings.